The molecule has 71 valence electrons. The Labute approximate surface area is 79.4 Å². The Morgan fingerprint density at radius 1 is 1.00 bits per heavy atom. The van der Waals surface area contributed by atoms with Crippen LogP contribution in [0.5, 0.6) is 0 Å². The van der Waals surface area contributed by atoms with E-state index in [4.69, 9.17) is 0 Å². The van der Waals surface area contributed by atoms with Crippen molar-refractivity contribution in [1.29, 1.82) is 0 Å². The van der Waals surface area contributed by atoms with Crippen LogP contribution in [0.25, 0.3) is 0 Å². The van der Waals surface area contributed by atoms with Crippen molar-refractivity contribution in [2.75, 3.05) is 0 Å². The molecule has 0 amide bonds. The van der Waals surface area contributed by atoms with Crippen LogP contribution in [0.2, 0.25) is 18.1 Å². The molecule has 0 nitrogen and oxygen atoms in total. The van der Waals surface area contributed by atoms with Gasteiger partial charge >= 0.3 is 0 Å². The molecule has 0 aliphatic heterocycles. The van der Waals surface area contributed by atoms with Gasteiger partial charge in [-0.25, -0.2) is 0 Å². The van der Waals surface area contributed by atoms with Gasteiger partial charge in [-0.05, 0) is 5.92 Å². The average molecular weight is 183 g/mol. The second-order valence-electron chi connectivity index (χ2n) is 4.17. The summed E-state index contributed by atoms with van der Waals surface area (Å²) in [6, 6.07) is 4.62. The first-order chi connectivity index (χ1) is 5.86. The van der Waals surface area contributed by atoms with Gasteiger partial charge < -0.3 is 0 Å². The fourth-order valence-electron chi connectivity index (χ4n) is 2.34. The van der Waals surface area contributed by atoms with E-state index in [2.05, 4.69) is 13.8 Å². The first-order valence-electron chi connectivity index (χ1n) is 5.70. The van der Waals surface area contributed by atoms with E-state index < -0.39 is 0 Å². The van der Waals surface area contributed by atoms with Crippen molar-refractivity contribution in [1.82, 2.24) is 0 Å². The van der Waals surface area contributed by atoms with Gasteiger partial charge in [0.15, 0.2) is 0 Å². The molecule has 0 bridgehead atoms. The van der Waals surface area contributed by atoms with Gasteiger partial charge in [0.25, 0.3) is 0 Å². The predicted molar refractivity (Wildman–Crippen MR) is 58.1 cm³/mol. The Morgan fingerprint density at radius 2 is 1.58 bits per heavy atom. The molecule has 1 aliphatic carbocycles. The van der Waals surface area contributed by atoms with Crippen LogP contribution in [0.1, 0.15) is 46.0 Å². The third-order valence-electron chi connectivity index (χ3n) is 3.30. The molecule has 1 saturated carbocycles. The quantitative estimate of drug-likeness (QED) is 0.576. The predicted octanol–water partition coefficient (Wildman–Crippen LogP) is 4.10. The lowest BCUT2D eigenvalue weighted by molar-refractivity contribution is 0.382. The highest BCUT2D eigenvalue weighted by Gasteiger charge is 2.17. The third-order valence-corrected chi connectivity index (χ3v) is 6.46. The minimum atomic E-state index is 0.0778. The zero-order valence-corrected chi connectivity index (χ0v) is 9.73. The molecule has 0 spiro atoms. The molecule has 1 heteroatoms. The van der Waals surface area contributed by atoms with Crippen molar-refractivity contribution in [2.45, 2.75) is 64.1 Å². The largest absolute Gasteiger partial charge is 0.0680 e. The highest BCUT2D eigenvalue weighted by atomic mass is 28.3. The SMILES string of the molecule is CC[Si](CC)CC1CCCCC1. The Bertz CT molecular complexity index is 102. The summed E-state index contributed by atoms with van der Waals surface area (Å²) >= 11 is 0. The van der Waals surface area contributed by atoms with Crippen molar-refractivity contribution < 1.29 is 0 Å². The maximum atomic E-state index is 2.39. The van der Waals surface area contributed by atoms with E-state index >= 15 is 0 Å². The maximum Gasteiger partial charge on any atom is 0.0476 e. The summed E-state index contributed by atoms with van der Waals surface area (Å²) in [4.78, 5) is 0. The van der Waals surface area contributed by atoms with E-state index in [-0.39, 0.29) is 8.80 Å². The van der Waals surface area contributed by atoms with E-state index in [0.29, 0.717) is 0 Å². The average Bonchev–Trinajstić information content (AvgIpc) is 2.16. The summed E-state index contributed by atoms with van der Waals surface area (Å²) in [5.41, 5.74) is 0. The second kappa shape index (κ2) is 5.79. The highest BCUT2D eigenvalue weighted by Crippen LogP contribution is 2.29. The Balaban J connectivity index is 2.18. The lowest BCUT2D eigenvalue weighted by atomic mass is 9.91. The summed E-state index contributed by atoms with van der Waals surface area (Å²) in [6.07, 6.45) is 7.65. The van der Waals surface area contributed by atoms with E-state index in [0.717, 1.165) is 5.92 Å². The van der Waals surface area contributed by atoms with Gasteiger partial charge in [-0.3, -0.25) is 0 Å². The van der Waals surface area contributed by atoms with E-state index in [1.54, 1.807) is 18.9 Å². The van der Waals surface area contributed by atoms with E-state index in [1.165, 1.54) is 31.4 Å². The number of rotatable bonds is 4. The second-order valence-corrected chi connectivity index (χ2v) is 7.49. The fraction of sp³-hybridized carbons (Fsp3) is 1.00. The first kappa shape index (κ1) is 10.3. The zero-order valence-electron chi connectivity index (χ0n) is 8.73. The first-order valence-corrected chi connectivity index (χ1v) is 7.82. The van der Waals surface area contributed by atoms with Gasteiger partial charge in [-0.15, -0.1) is 0 Å². The number of hydrogen-bond acceptors (Lipinski definition) is 0. The molecule has 12 heavy (non-hydrogen) atoms. The molecule has 1 aliphatic rings. The van der Waals surface area contributed by atoms with Crippen molar-refractivity contribution in [3.05, 3.63) is 0 Å². The molecule has 0 heterocycles. The standard InChI is InChI=1S/C11H23Si/c1-3-12(4-2)10-11-8-6-5-7-9-11/h11H,3-10H2,1-2H3. The normalized spacial score (nSPS) is 20.2. The molecule has 1 radical (unpaired) electrons. The van der Waals surface area contributed by atoms with Gasteiger partial charge in [0, 0.05) is 8.80 Å². The fourth-order valence-corrected chi connectivity index (χ4v) is 4.64. The summed E-state index contributed by atoms with van der Waals surface area (Å²) in [5.74, 6) is 1.13. The zero-order chi connectivity index (χ0) is 8.81. The van der Waals surface area contributed by atoms with Crippen LogP contribution in [-0.2, 0) is 0 Å². The van der Waals surface area contributed by atoms with Crippen molar-refractivity contribution >= 4 is 8.80 Å². The Hall–Kier alpha value is 0.217. The smallest absolute Gasteiger partial charge is 0.0476 e. The minimum Gasteiger partial charge on any atom is -0.0680 e. The van der Waals surface area contributed by atoms with Crippen molar-refractivity contribution in [3.8, 4) is 0 Å². The van der Waals surface area contributed by atoms with E-state index in [9.17, 15) is 0 Å². The van der Waals surface area contributed by atoms with Crippen LogP contribution >= 0.6 is 0 Å². The lowest BCUT2D eigenvalue weighted by Gasteiger charge is -2.24. The third kappa shape index (κ3) is 3.30. The molecule has 0 saturated heterocycles. The van der Waals surface area contributed by atoms with Gasteiger partial charge in [-0.1, -0.05) is 64.1 Å². The summed E-state index contributed by atoms with van der Waals surface area (Å²) in [7, 11) is 0.0778. The molecule has 1 fully saturated rings. The Kier molecular flexibility index (Phi) is 4.97. The molecular formula is C11H23Si. The topological polar surface area (TPSA) is 0 Å². The molecule has 0 N–H and O–H groups in total. The summed E-state index contributed by atoms with van der Waals surface area (Å²) < 4.78 is 0. The molecular weight excluding hydrogens is 160 g/mol. The van der Waals surface area contributed by atoms with E-state index in [1.807, 2.05) is 0 Å². The maximum absolute atomic E-state index is 2.39. The van der Waals surface area contributed by atoms with Crippen LogP contribution in [0.4, 0.5) is 0 Å². The van der Waals surface area contributed by atoms with Crippen LogP contribution < -0.4 is 0 Å². The molecule has 0 aromatic carbocycles. The van der Waals surface area contributed by atoms with Crippen molar-refractivity contribution in [2.24, 2.45) is 5.92 Å². The van der Waals surface area contributed by atoms with Crippen LogP contribution in [0.3, 0.4) is 0 Å². The molecule has 0 aromatic heterocycles. The molecule has 1 rings (SSSR count). The van der Waals surface area contributed by atoms with Gasteiger partial charge in [0.2, 0.25) is 0 Å². The number of hydrogen-bond donors (Lipinski definition) is 0. The van der Waals surface area contributed by atoms with Crippen LogP contribution in [0.15, 0.2) is 0 Å². The lowest BCUT2D eigenvalue weighted by Crippen LogP contribution is -2.17. The van der Waals surface area contributed by atoms with Crippen molar-refractivity contribution in [3.63, 3.8) is 0 Å². The van der Waals surface area contributed by atoms with Gasteiger partial charge in [-0.2, -0.15) is 0 Å². The molecule has 0 aromatic rings. The van der Waals surface area contributed by atoms with Crippen LogP contribution in [0, 0.1) is 5.92 Å². The van der Waals surface area contributed by atoms with Crippen LogP contribution in [-0.4, -0.2) is 8.80 Å². The molecule has 0 atom stereocenters. The Morgan fingerprint density at radius 3 is 2.08 bits per heavy atom. The van der Waals surface area contributed by atoms with Gasteiger partial charge in [0.1, 0.15) is 0 Å². The summed E-state index contributed by atoms with van der Waals surface area (Å²) in [5, 5.41) is 0. The highest BCUT2D eigenvalue weighted by molar-refractivity contribution is 6.58. The monoisotopic (exact) mass is 183 g/mol. The minimum absolute atomic E-state index is 0.0778. The summed E-state index contributed by atoms with van der Waals surface area (Å²) in [6.45, 7) is 4.78. The molecule has 0 unspecified atom stereocenters. The van der Waals surface area contributed by atoms with Gasteiger partial charge in [0.05, 0.1) is 0 Å².